The van der Waals surface area contributed by atoms with Crippen LogP contribution < -0.4 is 9.47 Å². The number of nitrogens with zero attached hydrogens (tertiary/aromatic N) is 4. The zero-order valence-electron chi connectivity index (χ0n) is 16.5. The molecular formula is C22H21ClN4O2. The highest BCUT2D eigenvalue weighted by atomic mass is 35.5. The molecule has 0 atom stereocenters. The molecule has 2 aromatic carbocycles. The second-order valence-electron chi connectivity index (χ2n) is 6.32. The van der Waals surface area contributed by atoms with Crippen molar-refractivity contribution in [3.63, 3.8) is 0 Å². The second-order valence-corrected chi connectivity index (χ2v) is 6.73. The van der Waals surface area contributed by atoms with Gasteiger partial charge < -0.3 is 14.0 Å². The van der Waals surface area contributed by atoms with E-state index in [1.54, 1.807) is 29.9 Å². The fourth-order valence-electron chi connectivity index (χ4n) is 2.88. The molecule has 148 valence electrons. The first-order chi connectivity index (χ1) is 14.1. The topological polar surface area (TPSA) is 73.0 Å². The number of benzene rings is 2. The van der Waals surface area contributed by atoms with Crippen molar-refractivity contribution in [2.45, 2.75) is 13.3 Å². The fourth-order valence-corrected chi connectivity index (χ4v) is 3.16. The molecule has 0 unspecified atom stereocenters. The zero-order chi connectivity index (χ0) is 20.8. The highest BCUT2D eigenvalue weighted by molar-refractivity contribution is 6.32. The highest BCUT2D eigenvalue weighted by Gasteiger charge is 2.16. The average Bonchev–Trinajstić information content (AvgIpc) is 3.12. The van der Waals surface area contributed by atoms with Crippen molar-refractivity contribution < 1.29 is 9.47 Å². The lowest BCUT2D eigenvalue weighted by Crippen LogP contribution is -2.00. The van der Waals surface area contributed by atoms with Gasteiger partial charge in [-0.05, 0) is 30.2 Å². The van der Waals surface area contributed by atoms with Crippen molar-refractivity contribution in [3.8, 4) is 29.0 Å². The molecule has 0 aliphatic heterocycles. The number of halogens is 1. The van der Waals surface area contributed by atoms with Crippen molar-refractivity contribution in [3.05, 3.63) is 58.9 Å². The average molecular weight is 409 g/mol. The Hall–Kier alpha value is -3.30. The molecule has 1 aromatic heterocycles. The van der Waals surface area contributed by atoms with E-state index in [9.17, 15) is 5.26 Å². The van der Waals surface area contributed by atoms with Crippen LogP contribution >= 0.6 is 11.6 Å². The molecule has 0 aliphatic carbocycles. The first-order valence-electron chi connectivity index (χ1n) is 9.16. The zero-order valence-corrected chi connectivity index (χ0v) is 17.3. The molecule has 0 radical (unpaired) electrons. The largest absolute Gasteiger partial charge is 0.493 e. The Labute approximate surface area is 175 Å². The van der Waals surface area contributed by atoms with E-state index in [4.69, 9.17) is 21.1 Å². The Balaban J connectivity index is 2.00. The maximum Gasteiger partial charge on any atom is 0.179 e. The van der Waals surface area contributed by atoms with Gasteiger partial charge in [-0.1, -0.05) is 48.9 Å². The lowest BCUT2D eigenvalue weighted by atomic mass is 10.1. The van der Waals surface area contributed by atoms with Gasteiger partial charge in [-0.2, -0.15) is 5.26 Å². The van der Waals surface area contributed by atoms with Crippen LogP contribution in [0.3, 0.4) is 0 Å². The number of allylic oxidation sites excluding steroid dienone is 1. The smallest absolute Gasteiger partial charge is 0.179 e. The predicted molar refractivity (Wildman–Crippen MR) is 114 cm³/mol. The van der Waals surface area contributed by atoms with E-state index in [1.807, 2.05) is 44.3 Å². The number of hydrogen-bond donors (Lipinski definition) is 0. The van der Waals surface area contributed by atoms with Gasteiger partial charge in [0.1, 0.15) is 6.07 Å². The van der Waals surface area contributed by atoms with E-state index in [2.05, 4.69) is 16.3 Å². The summed E-state index contributed by atoms with van der Waals surface area (Å²) in [7, 11) is 3.38. The van der Waals surface area contributed by atoms with Crippen LogP contribution in [-0.4, -0.2) is 28.5 Å². The maximum absolute atomic E-state index is 9.72. The van der Waals surface area contributed by atoms with Crippen molar-refractivity contribution >= 4 is 23.3 Å². The number of aromatic nitrogens is 3. The van der Waals surface area contributed by atoms with Crippen LogP contribution in [0.2, 0.25) is 5.02 Å². The Morgan fingerprint density at radius 3 is 2.66 bits per heavy atom. The third-order valence-electron chi connectivity index (χ3n) is 4.28. The standard InChI is InChI=1S/C22H21ClN4O2/c1-4-10-29-20-18(23)12-15(13-19(20)28-3)11-17(14-24)22-26-25-21(27(22)2)16-8-6-5-7-9-16/h5-9,11-13H,4,10H2,1-3H3. The first kappa shape index (κ1) is 20.4. The first-order valence-corrected chi connectivity index (χ1v) is 9.54. The number of nitriles is 1. The third-order valence-corrected chi connectivity index (χ3v) is 4.56. The molecule has 1 heterocycles. The summed E-state index contributed by atoms with van der Waals surface area (Å²) in [6.45, 7) is 2.55. The van der Waals surface area contributed by atoms with Gasteiger partial charge in [0.2, 0.25) is 0 Å². The SMILES string of the molecule is CCCOc1c(Cl)cc(C=C(C#N)c2nnc(-c3ccccc3)n2C)cc1OC. The molecule has 6 nitrogen and oxygen atoms in total. The molecule has 0 fully saturated rings. The molecule has 0 spiro atoms. The van der Waals surface area contributed by atoms with Crippen LogP contribution in [0.15, 0.2) is 42.5 Å². The lowest BCUT2D eigenvalue weighted by Gasteiger charge is -2.13. The van der Waals surface area contributed by atoms with Gasteiger partial charge in [0.15, 0.2) is 23.1 Å². The Morgan fingerprint density at radius 2 is 2.00 bits per heavy atom. The van der Waals surface area contributed by atoms with Gasteiger partial charge in [0.25, 0.3) is 0 Å². The summed E-state index contributed by atoms with van der Waals surface area (Å²) in [6.07, 6.45) is 2.56. The van der Waals surface area contributed by atoms with Crippen LogP contribution in [-0.2, 0) is 7.05 Å². The molecule has 0 saturated heterocycles. The quantitative estimate of drug-likeness (QED) is 0.514. The molecule has 0 saturated carbocycles. The van der Waals surface area contributed by atoms with Crippen LogP contribution in [0.5, 0.6) is 11.5 Å². The van der Waals surface area contributed by atoms with Gasteiger partial charge in [0, 0.05) is 12.6 Å². The second kappa shape index (κ2) is 9.26. The van der Waals surface area contributed by atoms with Gasteiger partial charge in [-0.25, -0.2) is 0 Å². The number of methoxy groups -OCH3 is 1. The number of rotatable bonds is 7. The third kappa shape index (κ3) is 4.41. The predicted octanol–water partition coefficient (Wildman–Crippen LogP) is 5.00. The van der Waals surface area contributed by atoms with Crippen molar-refractivity contribution in [2.75, 3.05) is 13.7 Å². The molecule has 0 aliphatic rings. The van der Waals surface area contributed by atoms with E-state index in [0.717, 1.165) is 12.0 Å². The lowest BCUT2D eigenvalue weighted by molar-refractivity contribution is 0.294. The minimum Gasteiger partial charge on any atom is -0.493 e. The van der Waals surface area contributed by atoms with E-state index in [1.165, 1.54) is 0 Å². The summed E-state index contributed by atoms with van der Waals surface area (Å²) >= 11 is 6.39. The Kier molecular flexibility index (Phi) is 6.53. The van der Waals surface area contributed by atoms with Crippen molar-refractivity contribution in [2.24, 2.45) is 7.05 Å². The van der Waals surface area contributed by atoms with Crippen LogP contribution in [0.4, 0.5) is 0 Å². The maximum atomic E-state index is 9.72. The van der Waals surface area contributed by atoms with Crippen molar-refractivity contribution in [1.82, 2.24) is 14.8 Å². The summed E-state index contributed by atoms with van der Waals surface area (Å²) in [4.78, 5) is 0. The molecule has 0 N–H and O–H groups in total. The fraction of sp³-hybridized carbons (Fsp3) is 0.227. The molecule has 29 heavy (non-hydrogen) atoms. The summed E-state index contributed by atoms with van der Waals surface area (Å²) in [5, 5.41) is 18.6. The molecule has 0 amide bonds. The van der Waals surface area contributed by atoms with E-state index in [0.29, 0.717) is 45.9 Å². The summed E-state index contributed by atoms with van der Waals surface area (Å²) in [6, 6.07) is 15.4. The number of hydrogen-bond acceptors (Lipinski definition) is 5. The summed E-state index contributed by atoms with van der Waals surface area (Å²) < 4.78 is 12.9. The molecule has 7 heteroatoms. The molecule has 0 bridgehead atoms. The van der Waals surface area contributed by atoms with Crippen molar-refractivity contribution in [1.29, 1.82) is 5.26 Å². The molecule has 3 aromatic rings. The number of ether oxygens (including phenoxy) is 2. The minimum absolute atomic E-state index is 0.363. The monoisotopic (exact) mass is 408 g/mol. The van der Waals surface area contributed by atoms with Crippen LogP contribution in [0.25, 0.3) is 23.0 Å². The summed E-state index contributed by atoms with van der Waals surface area (Å²) in [5.41, 5.74) is 1.99. The highest BCUT2D eigenvalue weighted by Crippen LogP contribution is 2.37. The van der Waals surface area contributed by atoms with E-state index < -0.39 is 0 Å². The normalized spacial score (nSPS) is 11.2. The Bertz CT molecular complexity index is 1070. The Morgan fingerprint density at radius 1 is 1.24 bits per heavy atom. The van der Waals surface area contributed by atoms with Gasteiger partial charge >= 0.3 is 0 Å². The summed E-state index contributed by atoms with van der Waals surface area (Å²) in [5.74, 6) is 2.16. The van der Waals surface area contributed by atoms with Gasteiger partial charge in [-0.15, -0.1) is 10.2 Å². The molecule has 3 rings (SSSR count). The van der Waals surface area contributed by atoms with Gasteiger partial charge in [0.05, 0.1) is 24.3 Å². The van der Waals surface area contributed by atoms with E-state index >= 15 is 0 Å². The molecular weight excluding hydrogens is 388 g/mol. The van der Waals surface area contributed by atoms with Crippen LogP contribution in [0.1, 0.15) is 24.7 Å². The van der Waals surface area contributed by atoms with Gasteiger partial charge in [-0.3, -0.25) is 0 Å². The minimum atomic E-state index is 0.363. The van der Waals surface area contributed by atoms with Crippen LogP contribution in [0, 0.1) is 11.3 Å². The van der Waals surface area contributed by atoms with E-state index in [-0.39, 0.29) is 0 Å².